The Kier molecular flexibility index (Phi) is 5.02. The molecule has 0 aromatic heterocycles. The number of hydrogen-bond acceptors (Lipinski definition) is 4. The molecule has 0 bridgehead atoms. The Labute approximate surface area is 118 Å². The van der Waals surface area contributed by atoms with Crippen LogP contribution in [0.5, 0.6) is 0 Å². The van der Waals surface area contributed by atoms with Crippen LogP contribution in [-0.4, -0.2) is 30.8 Å². The molecule has 3 N–H and O–H groups in total. The maximum Gasteiger partial charge on any atom is 0.238 e. The summed E-state index contributed by atoms with van der Waals surface area (Å²) in [6.07, 6.45) is 1.01. The third kappa shape index (κ3) is 4.29. The molecule has 0 fully saturated rings. The minimum Gasteiger partial charge on any atom is -0.391 e. The van der Waals surface area contributed by atoms with Gasteiger partial charge in [-0.2, -0.15) is 0 Å². The summed E-state index contributed by atoms with van der Waals surface area (Å²) < 4.78 is 22.7. The monoisotopic (exact) mass is 300 g/mol. The summed E-state index contributed by atoms with van der Waals surface area (Å²) in [6.45, 7) is 1.33. The standard InChI is InChI=1S/C12H16N2O3S2/c1-8(19(2,16)17)12(15)14-10(11(13)18)9-6-4-3-5-7-9/h3-8,10H,1-2H3,(H2,13,18)(H,14,15). The molecule has 0 radical (unpaired) electrons. The number of nitrogens with two attached hydrogens (primary N) is 1. The van der Waals surface area contributed by atoms with Gasteiger partial charge in [0.1, 0.15) is 16.3 Å². The quantitative estimate of drug-likeness (QED) is 0.776. The van der Waals surface area contributed by atoms with E-state index in [1.54, 1.807) is 24.3 Å². The number of thiocarbonyl (C=S) groups is 1. The highest BCUT2D eigenvalue weighted by Crippen LogP contribution is 2.13. The predicted molar refractivity (Wildman–Crippen MR) is 78.4 cm³/mol. The SMILES string of the molecule is CC(C(=O)NC(C(N)=S)c1ccccc1)S(C)(=O)=O. The lowest BCUT2D eigenvalue weighted by atomic mass is 10.1. The Bertz CT molecular complexity index is 570. The Morgan fingerprint density at radius 2 is 1.84 bits per heavy atom. The van der Waals surface area contributed by atoms with E-state index in [-0.39, 0.29) is 4.99 Å². The number of sulfone groups is 1. The second kappa shape index (κ2) is 6.12. The third-order valence-electron chi connectivity index (χ3n) is 2.72. The van der Waals surface area contributed by atoms with Gasteiger partial charge in [-0.25, -0.2) is 8.42 Å². The van der Waals surface area contributed by atoms with Crippen molar-refractivity contribution >= 4 is 33.0 Å². The molecule has 0 aliphatic heterocycles. The van der Waals surface area contributed by atoms with Crippen molar-refractivity contribution in [2.45, 2.75) is 18.2 Å². The van der Waals surface area contributed by atoms with E-state index in [2.05, 4.69) is 5.32 Å². The average molecular weight is 300 g/mol. The second-order valence-electron chi connectivity index (χ2n) is 4.23. The first-order valence-corrected chi connectivity index (χ1v) is 7.93. The van der Waals surface area contributed by atoms with Crippen LogP contribution in [0.3, 0.4) is 0 Å². The molecule has 0 saturated heterocycles. The van der Waals surface area contributed by atoms with Gasteiger partial charge in [0.25, 0.3) is 0 Å². The van der Waals surface area contributed by atoms with Crippen molar-refractivity contribution in [2.24, 2.45) is 5.73 Å². The van der Waals surface area contributed by atoms with Gasteiger partial charge in [-0.1, -0.05) is 42.5 Å². The van der Waals surface area contributed by atoms with Crippen LogP contribution in [-0.2, 0) is 14.6 Å². The highest BCUT2D eigenvalue weighted by molar-refractivity contribution is 7.92. The lowest BCUT2D eigenvalue weighted by Gasteiger charge is -2.19. The van der Waals surface area contributed by atoms with E-state index in [1.807, 2.05) is 6.07 Å². The number of benzene rings is 1. The van der Waals surface area contributed by atoms with Gasteiger partial charge in [0.05, 0.1) is 0 Å². The summed E-state index contributed by atoms with van der Waals surface area (Å²) in [7, 11) is -3.45. The molecule has 2 unspecified atom stereocenters. The molecule has 5 nitrogen and oxygen atoms in total. The lowest BCUT2D eigenvalue weighted by Crippen LogP contribution is -2.43. The van der Waals surface area contributed by atoms with Crippen molar-refractivity contribution in [3.63, 3.8) is 0 Å². The molecular weight excluding hydrogens is 284 g/mol. The number of carbonyl (C=O) groups excluding carboxylic acids is 1. The molecular formula is C12H16N2O3S2. The zero-order chi connectivity index (χ0) is 14.6. The largest absolute Gasteiger partial charge is 0.391 e. The van der Waals surface area contributed by atoms with E-state index >= 15 is 0 Å². The summed E-state index contributed by atoms with van der Waals surface area (Å²) >= 11 is 4.91. The highest BCUT2D eigenvalue weighted by atomic mass is 32.2. The number of hydrogen-bond donors (Lipinski definition) is 2. The Hall–Kier alpha value is -1.47. The van der Waals surface area contributed by atoms with Gasteiger partial charge in [0.2, 0.25) is 5.91 Å². The molecule has 104 valence electrons. The zero-order valence-corrected chi connectivity index (χ0v) is 12.3. The van der Waals surface area contributed by atoms with Crippen LogP contribution < -0.4 is 11.1 Å². The van der Waals surface area contributed by atoms with E-state index < -0.39 is 27.0 Å². The molecule has 1 amide bonds. The first-order chi connectivity index (χ1) is 8.73. The minimum atomic E-state index is -3.45. The van der Waals surface area contributed by atoms with Gasteiger partial charge in [0.15, 0.2) is 9.84 Å². The van der Waals surface area contributed by atoms with Crippen LogP contribution in [0.15, 0.2) is 30.3 Å². The van der Waals surface area contributed by atoms with Crippen LogP contribution in [0.2, 0.25) is 0 Å². The predicted octanol–water partition coefficient (Wildman–Crippen LogP) is 0.563. The fraction of sp³-hybridized carbons (Fsp3) is 0.333. The van der Waals surface area contributed by atoms with E-state index in [1.165, 1.54) is 6.92 Å². The lowest BCUT2D eigenvalue weighted by molar-refractivity contribution is -0.120. The molecule has 1 aromatic rings. The van der Waals surface area contributed by atoms with Gasteiger partial charge in [-0.05, 0) is 12.5 Å². The molecule has 19 heavy (non-hydrogen) atoms. The fourth-order valence-corrected chi connectivity index (χ4v) is 2.07. The summed E-state index contributed by atoms with van der Waals surface area (Å²) in [6, 6.07) is 8.23. The van der Waals surface area contributed by atoms with E-state index in [0.717, 1.165) is 6.26 Å². The maximum atomic E-state index is 11.9. The summed E-state index contributed by atoms with van der Waals surface area (Å²) in [5, 5.41) is 1.41. The van der Waals surface area contributed by atoms with Crippen LogP contribution >= 0.6 is 12.2 Å². The van der Waals surface area contributed by atoms with Crippen molar-refractivity contribution in [3.8, 4) is 0 Å². The van der Waals surface area contributed by atoms with Crippen molar-refractivity contribution < 1.29 is 13.2 Å². The molecule has 7 heteroatoms. The highest BCUT2D eigenvalue weighted by Gasteiger charge is 2.27. The van der Waals surface area contributed by atoms with Gasteiger partial charge < -0.3 is 11.1 Å². The van der Waals surface area contributed by atoms with Crippen LogP contribution in [0.4, 0.5) is 0 Å². The molecule has 0 saturated carbocycles. The van der Waals surface area contributed by atoms with Crippen LogP contribution in [0.1, 0.15) is 18.5 Å². The van der Waals surface area contributed by atoms with E-state index in [4.69, 9.17) is 18.0 Å². The first kappa shape index (κ1) is 15.6. The molecule has 0 heterocycles. The Morgan fingerprint density at radius 3 is 2.26 bits per heavy atom. The first-order valence-electron chi connectivity index (χ1n) is 5.57. The number of carbonyl (C=O) groups is 1. The fourth-order valence-electron chi connectivity index (χ4n) is 1.42. The molecule has 1 rings (SSSR count). The summed E-state index contributed by atoms with van der Waals surface area (Å²) in [5.74, 6) is -0.621. The van der Waals surface area contributed by atoms with Gasteiger partial charge >= 0.3 is 0 Å². The van der Waals surface area contributed by atoms with Gasteiger partial charge in [-0.15, -0.1) is 0 Å². The molecule has 0 aliphatic rings. The summed E-state index contributed by atoms with van der Waals surface area (Å²) in [4.78, 5) is 12.0. The topological polar surface area (TPSA) is 89.3 Å². The van der Waals surface area contributed by atoms with E-state index in [0.29, 0.717) is 5.56 Å². The Balaban J connectivity index is 2.93. The van der Waals surface area contributed by atoms with E-state index in [9.17, 15) is 13.2 Å². The number of nitrogens with one attached hydrogen (secondary N) is 1. The second-order valence-corrected chi connectivity index (χ2v) is 7.06. The summed E-state index contributed by atoms with van der Waals surface area (Å²) in [5.41, 5.74) is 6.31. The molecule has 0 spiro atoms. The van der Waals surface area contributed by atoms with Crippen LogP contribution in [0, 0.1) is 0 Å². The average Bonchev–Trinajstić information content (AvgIpc) is 2.34. The third-order valence-corrected chi connectivity index (χ3v) is 4.45. The zero-order valence-electron chi connectivity index (χ0n) is 10.7. The molecule has 1 aromatic carbocycles. The normalized spacial score (nSPS) is 14.4. The van der Waals surface area contributed by atoms with Gasteiger partial charge in [0, 0.05) is 6.26 Å². The Morgan fingerprint density at radius 1 is 1.32 bits per heavy atom. The van der Waals surface area contributed by atoms with Crippen molar-refractivity contribution in [3.05, 3.63) is 35.9 Å². The van der Waals surface area contributed by atoms with Gasteiger partial charge in [-0.3, -0.25) is 4.79 Å². The minimum absolute atomic E-state index is 0.0836. The van der Waals surface area contributed by atoms with Crippen molar-refractivity contribution in [2.75, 3.05) is 6.26 Å². The maximum absolute atomic E-state index is 11.9. The molecule has 0 aliphatic carbocycles. The van der Waals surface area contributed by atoms with Crippen molar-refractivity contribution in [1.82, 2.24) is 5.32 Å². The smallest absolute Gasteiger partial charge is 0.238 e. The van der Waals surface area contributed by atoms with Crippen LogP contribution in [0.25, 0.3) is 0 Å². The number of rotatable bonds is 5. The molecule has 2 atom stereocenters. The number of amides is 1. The van der Waals surface area contributed by atoms with Crippen molar-refractivity contribution in [1.29, 1.82) is 0 Å².